The van der Waals surface area contributed by atoms with Gasteiger partial charge < -0.3 is 5.32 Å². The molecule has 4 nitrogen and oxygen atoms in total. The van der Waals surface area contributed by atoms with Gasteiger partial charge in [-0.2, -0.15) is 0 Å². The van der Waals surface area contributed by atoms with Crippen molar-refractivity contribution in [3.05, 3.63) is 11.1 Å². The van der Waals surface area contributed by atoms with E-state index >= 15 is 0 Å². The van der Waals surface area contributed by atoms with Gasteiger partial charge in [-0.1, -0.05) is 19.8 Å². The van der Waals surface area contributed by atoms with Crippen molar-refractivity contribution in [3.63, 3.8) is 0 Å². The number of likely N-dealkylation sites (tertiary alicyclic amines) is 1. The van der Waals surface area contributed by atoms with Crippen molar-refractivity contribution in [1.82, 2.24) is 9.88 Å². The van der Waals surface area contributed by atoms with Gasteiger partial charge in [-0.15, -0.1) is 11.3 Å². The van der Waals surface area contributed by atoms with Gasteiger partial charge >= 0.3 is 0 Å². The Labute approximate surface area is 130 Å². The van der Waals surface area contributed by atoms with Gasteiger partial charge in [-0.25, -0.2) is 4.98 Å². The molecule has 116 valence electrons. The number of rotatable bonds is 4. The lowest BCUT2D eigenvalue weighted by molar-refractivity contribution is -0.119. The van der Waals surface area contributed by atoms with Crippen LogP contribution in [0, 0.1) is 11.8 Å². The van der Waals surface area contributed by atoms with E-state index in [-0.39, 0.29) is 11.8 Å². The minimum atomic E-state index is 0.167. The Morgan fingerprint density at radius 1 is 1.33 bits per heavy atom. The molecule has 0 unspecified atom stereocenters. The van der Waals surface area contributed by atoms with E-state index in [0.29, 0.717) is 0 Å². The fraction of sp³-hybridized carbons (Fsp3) is 0.750. The number of amides is 1. The van der Waals surface area contributed by atoms with Crippen LogP contribution >= 0.6 is 11.3 Å². The maximum Gasteiger partial charge on any atom is 0.229 e. The highest BCUT2D eigenvalue weighted by molar-refractivity contribution is 7.13. The smallest absolute Gasteiger partial charge is 0.229 e. The minimum Gasteiger partial charge on any atom is -0.302 e. The highest BCUT2D eigenvalue weighted by Crippen LogP contribution is 2.27. The highest BCUT2D eigenvalue weighted by Gasteiger charge is 2.23. The van der Waals surface area contributed by atoms with Crippen molar-refractivity contribution < 1.29 is 4.79 Å². The molecule has 0 spiro atoms. The number of hydrogen-bond donors (Lipinski definition) is 1. The highest BCUT2D eigenvalue weighted by atomic mass is 32.1. The Morgan fingerprint density at radius 2 is 2.05 bits per heavy atom. The van der Waals surface area contributed by atoms with Gasteiger partial charge in [0.15, 0.2) is 5.13 Å². The number of nitrogens with zero attached hydrogens (tertiary/aromatic N) is 2. The summed E-state index contributed by atoms with van der Waals surface area (Å²) in [4.78, 5) is 19.1. The van der Waals surface area contributed by atoms with E-state index in [0.717, 1.165) is 36.1 Å². The largest absolute Gasteiger partial charge is 0.302 e. The van der Waals surface area contributed by atoms with E-state index in [1.54, 1.807) is 11.3 Å². The van der Waals surface area contributed by atoms with Crippen LogP contribution < -0.4 is 5.32 Å². The first kappa shape index (κ1) is 15.0. The average Bonchev–Trinajstić information content (AvgIpc) is 3.13. The fourth-order valence-electron chi connectivity index (χ4n) is 3.28. The SMILES string of the molecule is CC1CCN(Cc2csc(NC(=O)C3CCCC3)n2)CC1. The monoisotopic (exact) mass is 307 g/mol. The van der Waals surface area contributed by atoms with Crippen molar-refractivity contribution in [3.8, 4) is 0 Å². The maximum absolute atomic E-state index is 12.1. The standard InChI is InChI=1S/C16H25N3OS/c1-12-6-8-19(9-7-12)10-14-11-21-16(17-14)18-15(20)13-4-2-3-5-13/h11-13H,2-10H2,1H3,(H,17,18,20). The normalized spacial score (nSPS) is 21.8. The van der Waals surface area contributed by atoms with Gasteiger partial charge in [-0.3, -0.25) is 9.69 Å². The first-order chi connectivity index (χ1) is 10.2. The van der Waals surface area contributed by atoms with Gasteiger partial charge in [0, 0.05) is 17.8 Å². The summed E-state index contributed by atoms with van der Waals surface area (Å²) in [6, 6.07) is 0. The summed E-state index contributed by atoms with van der Waals surface area (Å²) in [6.45, 7) is 5.59. The molecule has 0 radical (unpaired) electrons. The van der Waals surface area contributed by atoms with Gasteiger partial charge in [0.1, 0.15) is 0 Å². The van der Waals surface area contributed by atoms with E-state index in [1.165, 1.54) is 38.8 Å². The number of carbonyl (C=O) groups is 1. The lowest BCUT2D eigenvalue weighted by Crippen LogP contribution is -2.32. The van der Waals surface area contributed by atoms with Crippen molar-refractivity contribution in [2.45, 2.75) is 52.0 Å². The predicted molar refractivity (Wildman–Crippen MR) is 86.4 cm³/mol. The molecular formula is C16H25N3OS. The van der Waals surface area contributed by atoms with E-state index in [4.69, 9.17) is 0 Å². The second kappa shape index (κ2) is 6.88. The van der Waals surface area contributed by atoms with Crippen LogP contribution in [0.2, 0.25) is 0 Å². The summed E-state index contributed by atoms with van der Waals surface area (Å²) < 4.78 is 0. The molecular weight excluding hydrogens is 282 g/mol. The number of thiazole rings is 1. The zero-order chi connectivity index (χ0) is 14.7. The first-order valence-corrected chi connectivity index (χ1v) is 9.06. The summed E-state index contributed by atoms with van der Waals surface area (Å²) in [7, 11) is 0. The molecule has 2 fully saturated rings. The number of hydrogen-bond acceptors (Lipinski definition) is 4. The zero-order valence-electron chi connectivity index (χ0n) is 12.8. The Balaban J connectivity index is 1.50. The predicted octanol–water partition coefficient (Wildman–Crippen LogP) is 3.50. The Bertz CT molecular complexity index is 474. The van der Waals surface area contributed by atoms with E-state index in [2.05, 4.69) is 27.5 Å². The summed E-state index contributed by atoms with van der Waals surface area (Å²) in [6.07, 6.45) is 7.03. The number of piperidine rings is 1. The Kier molecular flexibility index (Phi) is 4.91. The van der Waals surface area contributed by atoms with Crippen LogP contribution in [-0.4, -0.2) is 28.9 Å². The second-order valence-corrected chi connectivity index (χ2v) is 7.43. The van der Waals surface area contributed by atoms with E-state index in [1.807, 2.05) is 0 Å². The van der Waals surface area contributed by atoms with Crippen LogP contribution in [0.1, 0.15) is 51.1 Å². The molecule has 1 aromatic heterocycles. The van der Waals surface area contributed by atoms with Crippen LogP contribution in [0.15, 0.2) is 5.38 Å². The molecule has 0 atom stereocenters. The Morgan fingerprint density at radius 3 is 2.76 bits per heavy atom. The lowest BCUT2D eigenvalue weighted by Gasteiger charge is -2.29. The number of nitrogens with one attached hydrogen (secondary N) is 1. The van der Waals surface area contributed by atoms with Crippen LogP contribution in [0.5, 0.6) is 0 Å². The third-order valence-electron chi connectivity index (χ3n) is 4.77. The average molecular weight is 307 g/mol. The molecule has 1 aliphatic heterocycles. The topological polar surface area (TPSA) is 45.2 Å². The number of anilines is 1. The van der Waals surface area contributed by atoms with Crippen LogP contribution in [0.3, 0.4) is 0 Å². The minimum absolute atomic E-state index is 0.167. The lowest BCUT2D eigenvalue weighted by atomic mass is 9.99. The summed E-state index contributed by atoms with van der Waals surface area (Å²) in [5.41, 5.74) is 1.09. The first-order valence-electron chi connectivity index (χ1n) is 8.18. The maximum atomic E-state index is 12.1. The van der Waals surface area contributed by atoms with Gasteiger partial charge in [0.05, 0.1) is 5.69 Å². The van der Waals surface area contributed by atoms with E-state index in [9.17, 15) is 4.79 Å². The van der Waals surface area contributed by atoms with Crippen molar-refractivity contribution in [2.75, 3.05) is 18.4 Å². The fourth-order valence-corrected chi connectivity index (χ4v) is 3.99. The number of carbonyl (C=O) groups excluding carboxylic acids is 1. The molecule has 1 saturated carbocycles. The molecule has 1 N–H and O–H groups in total. The molecule has 1 aliphatic carbocycles. The van der Waals surface area contributed by atoms with Gasteiger partial charge in [0.2, 0.25) is 5.91 Å². The molecule has 1 amide bonds. The van der Waals surface area contributed by atoms with Gasteiger partial charge in [-0.05, 0) is 44.7 Å². The van der Waals surface area contributed by atoms with Crippen molar-refractivity contribution >= 4 is 22.4 Å². The zero-order valence-corrected chi connectivity index (χ0v) is 13.6. The molecule has 5 heteroatoms. The summed E-state index contributed by atoms with van der Waals surface area (Å²) in [5.74, 6) is 1.24. The van der Waals surface area contributed by atoms with Crippen molar-refractivity contribution in [2.24, 2.45) is 11.8 Å². The number of aromatic nitrogens is 1. The summed E-state index contributed by atoms with van der Waals surface area (Å²) in [5, 5.41) is 5.85. The van der Waals surface area contributed by atoms with Crippen LogP contribution in [0.25, 0.3) is 0 Å². The van der Waals surface area contributed by atoms with E-state index < -0.39 is 0 Å². The van der Waals surface area contributed by atoms with Crippen LogP contribution in [0.4, 0.5) is 5.13 Å². The van der Waals surface area contributed by atoms with Crippen LogP contribution in [-0.2, 0) is 11.3 Å². The third kappa shape index (κ3) is 4.04. The molecule has 1 aromatic rings. The molecule has 0 bridgehead atoms. The molecule has 1 saturated heterocycles. The molecule has 3 rings (SSSR count). The third-order valence-corrected chi connectivity index (χ3v) is 5.58. The Hall–Kier alpha value is -0.940. The molecule has 0 aromatic carbocycles. The molecule has 2 aliphatic rings. The molecule has 2 heterocycles. The van der Waals surface area contributed by atoms with Gasteiger partial charge in [0.25, 0.3) is 0 Å². The molecule has 21 heavy (non-hydrogen) atoms. The quantitative estimate of drug-likeness (QED) is 0.926. The second-order valence-electron chi connectivity index (χ2n) is 6.57. The summed E-state index contributed by atoms with van der Waals surface area (Å²) >= 11 is 1.56. The van der Waals surface area contributed by atoms with Crippen molar-refractivity contribution in [1.29, 1.82) is 0 Å².